The molecule has 2 aromatic rings. The summed E-state index contributed by atoms with van der Waals surface area (Å²) in [6.45, 7) is 5.22. The Morgan fingerprint density at radius 1 is 1.13 bits per heavy atom. The first kappa shape index (κ1) is 28.2. The van der Waals surface area contributed by atoms with Crippen molar-refractivity contribution < 1.29 is 43.5 Å². The molecule has 11 nitrogen and oxygen atoms in total. The van der Waals surface area contributed by atoms with Crippen LogP contribution in [0.4, 0.5) is 10.5 Å². The summed E-state index contributed by atoms with van der Waals surface area (Å²) in [4.78, 5) is 41.3. The van der Waals surface area contributed by atoms with Crippen molar-refractivity contribution in [1.82, 2.24) is 4.90 Å². The van der Waals surface area contributed by atoms with Crippen LogP contribution >= 0.6 is 0 Å². The number of aliphatic hydroxyl groups is 1. The molecule has 39 heavy (non-hydrogen) atoms. The first-order chi connectivity index (χ1) is 18.5. The number of carbonyl (C=O) groups excluding carboxylic acids is 2. The minimum atomic E-state index is -1.37. The molecule has 0 aromatic heterocycles. The van der Waals surface area contributed by atoms with Gasteiger partial charge in [0, 0.05) is 12.6 Å². The Kier molecular flexibility index (Phi) is 8.31. The fraction of sp³-hybridized carbons (Fsp3) is 0.464. The van der Waals surface area contributed by atoms with Gasteiger partial charge in [-0.05, 0) is 45.2 Å². The van der Waals surface area contributed by atoms with E-state index < -0.39 is 36.0 Å². The second-order valence-corrected chi connectivity index (χ2v) is 10.4. The highest BCUT2D eigenvalue weighted by Gasteiger charge is 2.46. The van der Waals surface area contributed by atoms with Crippen molar-refractivity contribution in [2.75, 3.05) is 25.2 Å². The third-order valence-corrected chi connectivity index (χ3v) is 6.49. The second kappa shape index (κ2) is 11.5. The summed E-state index contributed by atoms with van der Waals surface area (Å²) in [5.74, 6) is -1.36. The zero-order valence-corrected chi connectivity index (χ0v) is 22.5. The quantitative estimate of drug-likeness (QED) is 0.514. The molecule has 0 radical (unpaired) electrons. The van der Waals surface area contributed by atoms with Gasteiger partial charge >= 0.3 is 12.1 Å². The maximum Gasteiger partial charge on any atom is 0.417 e. The second-order valence-electron chi connectivity index (χ2n) is 10.4. The highest BCUT2D eigenvalue weighted by Crippen LogP contribution is 2.41. The van der Waals surface area contributed by atoms with Crippen LogP contribution in [0.25, 0.3) is 0 Å². The number of aliphatic hydroxyl groups excluding tert-OH is 1. The predicted molar refractivity (Wildman–Crippen MR) is 140 cm³/mol. The van der Waals surface area contributed by atoms with Gasteiger partial charge in [0.05, 0.1) is 31.0 Å². The number of ether oxygens (including phenoxy) is 4. The highest BCUT2D eigenvalue weighted by molar-refractivity contribution is 6.06. The number of carbonyl (C=O) groups is 3. The van der Waals surface area contributed by atoms with E-state index in [9.17, 15) is 24.6 Å². The molecule has 2 aliphatic heterocycles. The third kappa shape index (κ3) is 6.26. The Hall–Kier alpha value is -3.83. The molecule has 2 N–H and O–H groups in total. The number of rotatable bonds is 8. The lowest BCUT2D eigenvalue weighted by atomic mass is 10.1. The van der Waals surface area contributed by atoms with Crippen LogP contribution in [-0.4, -0.2) is 77.3 Å². The molecular formula is C28H34N2O9. The smallest absolute Gasteiger partial charge is 0.417 e. The van der Waals surface area contributed by atoms with E-state index >= 15 is 0 Å². The topological polar surface area (TPSA) is 135 Å². The molecule has 1 saturated heterocycles. The number of hydrogen-bond acceptors (Lipinski definition) is 8. The lowest BCUT2D eigenvalue weighted by Crippen LogP contribution is -2.51. The molecule has 4 rings (SSSR count). The number of anilines is 1. The predicted octanol–water partition coefficient (Wildman–Crippen LogP) is 3.42. The van der Waals surface area contributed by atoms with Crippen molar-refractivity contribution in [2.24, 2.45) is 0 Å². The van der Waals surface area contributed by atoms with Gasteiger partial charge in [-0.25, -0.2) is 14.5 Å². The summed E-state index contributed by atoms with van der Waals surface area (Å²) in [6, 6.07) is 11.3. The summed E-state index contributed by atoms with van der Waals surface area (Å²) >= 11 is 0. The van der Waals surface area contributed by atoms with Crippen molar-refractivity contribution in [1.29, 1.82) is 0 Å². The molecule has 2 aromatic carbocycles. The minimum absolute atomic E-state index is 0.0623. The third-order valence-electron chi connectivity index (χ3n) is 6.49. The van der Waals surface area contributed by atoms with E-state index in [0.29, 0.717) is 19.4 Å². The van der Waals surface area contributed by atoms with E-state index in [1.54, 1.807) is 25.7 Å². The van der Waals surface area contributed by atoms with E-state index in [1.165, 1.54) is 19.2 Å². The van der Waals surface area contributed by atoms with Crippen LogP contribution in [0.1, 0.15) is 49.5 Å². The van der Waals surface area contributed by atoms with E-state index in [-0.39, 0.29) is 41.9 Å². The number of amides is 2. The molecule has 3 atom stereocenters. The number of carboxylic acid groups (broad SMARTS) is 1. The molecular weight excluding hydrogens is 508 g/mol. The fourth-order valence-electron chi connectivity index (χ4n) is 4.66. The molecule has 2 amide bonds. The molecule has 0 aliphatic carbocycles. The van der Waals surface area contributed by atoms with Gasteiger partial charge in [0.25, 0.3) is 5.91 Å². The molecule has 11 heteroatoms. The molecule has 1 fully saturated rings. The van der Waals surface area contributed by atoms with Gasteiger partial charge in [0.15, 0.2) is 23.8 Å². The van der Waals surface area contributed by atoms with Gasteiger partial charge in [0.1, 0.15) is 12.2 Å². The number of fused-ring (bicyclic) bond motifs is 2. The highest BCUT2D eigenvalue weighted by atomic mass is 16.6. The van der Waals surface area contributed by atoms with Gasteiger partial charge in [-0.2, -0.15) is 0 Å². The van der Waals surface area contributed by atoms with Crippen LogP contribution < -0.4 is 14.4 Å². The number of hydrogen-bond donors (Lipinski definition) is 2. The fourth-order valence-corrected chi connectivity index (χ4v) is 4.66. The normalized spacial score (nSPS) is 19.6. The minimum Gasteiger partial charge on any atom is -0.493 e. The number of carboxylic acids is 1. The van der Waals surface area contributed by atoms with E-state index in [2.05, 4.69) is 0 Å². The number of nitrogens with zero attached hydrogens (tertiary/aromatic N) is 2. The number of methoxy groups -OCH3 is 1. The van der Waals surface area contributed by atoms with Gasteiger partial charge in [0.2, 0.25) is 0 Å². The van der Waals surface area contributed by atoms with Gasteiger partial charge in [-0.1, -0.05) is 30.3 Å². The summed E-state index contributed by atoms with van der Waals surface area (Å²) < 4.78 is 22.4. The maximum atomic E-state index is 13.5. The largest absolute Gasteiger partial charge is 0.493 e. The van der Waals surface area contributed by atoms with Crippen LogP contribution in [0.5, 0.6) is 11.5 Å². The Morgan fingerprint density at radius 3 is 2.49 bits per heavy atom. The van der Waals surface area contributed by atoms with E-state index in [4.69, 9.17) is 18.9 Å². The average Bonchev–Trinajstić information content (AvgIpc) is 3.35. The summed E-state index contributed by atoms with van der Waals surface area (Å²) in [5.41, 5.74) is 0.138. The first-order valence-corrected chi connectivity index (χ1v) is 12.7. The van der Waals surface area contributed by atoms with Crippen LogP contribution in [0.3, 0.4) is 0 Å². The number of benzene rings is 2. The number of aliphatic carboxylic acids is 1. The lowest BCUT2D eigenvalue weighted by Gasteiger charge is -2.33. The molecule has 0 bridgehead atoms. The standard InChI is InChI=1S/C28H34N2O9/c1-28(2,3)39-27(35)30-20-14-22(38-16-23(26(33)34)37-15-17-9-6-5-7-10-17)21(36-4)13-18(20)24(31)29-12-8-11-19(29)25(30)32/h5-7,9-10,13-14,19,23,25,32H,8,11-12,15-16H2,1-4H3,(H,33,34)/t19-,23?,25?/m0/s1. The van der Waals surface area contributed by atoms with Crippen molar-refractivity contribution in [3.8, 4) is 11.5 Å². The van der Waals surface area contributed by atoms with Crippen molar-refractivity contribution in [3.05, 3.63) is 53.6 Å². The Bertz CT molecular complexity index is 1210. The van der Waals surface area contributed by atoms with Crippen molar-refractivity contribution in [3.63, 3.8) is 0 Å². The zero-order valence-electron chi connectivity index (χ0n) is 22.5. The monoisotopic (exact) mass is 542 g/mol. The summed E-state index contributed by atoms with van der Waals surface area (Å²) in [7, 11) is 1.38. The van der Waals surface area contributed by atoms with Gasteiger partial charge in [-0.3, -0.25) is 4.79 Å². The average molecular weight is 543 g/mol. The maximum absolute atomic E-state index is 13.5. The summed E-state index contributed by atoms with van der Waals surface area (Å²) in [6.07, 6.45) is -2.31. The van der Waals surface area contributed by atoms with Gasteiger partial charge < -0.3 is 34.1 Å². The molecule has 2 aliphatic rings. The Balaban J connectivity index is 1.67. The SMILES string of the molecule is COc1cc2c(cc1OCC(OCc1ccccc1)C(=O)O)N(C(=O)OC(C)(C)C)C(O)[C@@H]1CCCN1C2=O. The van der Waals surface area contributed by atoms with Gasteiger partial charge in [-0.15, -0.1) is 0 Å². The van der Waals surface area contributed by atoms with Crippen LogP contribution in [0, 0.1) is 0 Å². The van der Waals surface area contributed by atoms with E-state index in [0.717, 1.165) is 10.5 Å². The zero-order chi connectivity index (χ0) is 28.3. The van der Waals surface area contributed by atoms with Crippen molar-refractivity contribution in [2.45, 2.75) is 64.2 Å². The van der Waals surface area contributed by atoms with Crippen LogP contribution in [0.2, 0.25) is 0 Å². The van der Waals surface area contributed by atoms with E-state index in [1.807, 2.05) is 30.3 Å². The van der Waals surface area contributed by atoms with Crippen LogP contribution in [-0.2, 0) is 20.9 Å². The Morgan fingerprint density at radius 2 is 1.85 bits per heavy atom. The molecule has 0 saturated carbocycles. The summed E-state index contributed by atoms with van der Waals surface area (Å²) in [5, 5.41) is 21.0. The molecule has 0 spiro atoms. The first-order valence-electron chi connectivity index (χ1n) is 12.7. The molecule has 210 valence electrons. The molecule has 2 heterocycles. The Labute approximate surface area is 226 Å². The van der Waals surface area contributed by atoms with Crippen molar-refractivity contribution >= 4 is 23.7 Å². The molecule has 2 unspecified atom stereocenters. The van der Waals surface area contributed by atoms with Crippen LogP contribution in [0.15, 0.2) is 42.5 Å². The lowest BCUT2D eigenvalue weighted by molar-refractivity contribution is -0.153.